The molecule has 0 radical (unpaired) electrons. The molecule has 4 heteroatoms. The van der Waals surface area contributed by atoms with E-state index in [1.807, 2.05) is 44.3 Å². The molecule has 0 saturated heterocycles. The maximum absolute atomic E-state index is 6.29. The molecule has 0 aromatic heterocycles. The first kappa shape index (κ1) is 15.2. The molecule has 0 bridgehead atoms. The van der Waals surface area contributed by atoms with Crippen molar-refractivity contribution in [3.8, 4) is 11.5 Å². The average molecular weight is 310 g/mol. The van der Waals surface area contributed by atoms with Crippen LogP contribution in [0.25, 0.3) is 0 Å². The van der Waals surface area contributed by atoms with Crippen molar-refractivity contribution in [2.45, 2.75) is 19.9 Å². The molecule has 20 heavy (non-hydrogen) atoms. The van der Waals surface area contributed by atoms with E-state index in [0.29, 0.717) is 15.8 Å². The summed E-state index contributed by atoms with van der Waals surface area (Å²) in [6.45, 7) is 4.04. The number of hydrogen-bond acceptors (Lipinski definition) is 2. The third-order valence-electron chi connectivity index (χ3n) is 3.25. The summed E-state index contributed by atoms with van der Waals surface area (Å²) in [5.41, 5.74) is 2.07. The van der Waals surface area contributed by atoms with Gasteiger partial charge in [0.25, 0.3) is 0 Å². The van der Waals surface area contributed by atoms with E-state index in [1.165, 1.54) is 0 Å². The SMILES string of the molecule is CNC(C)c1ccc(Oc2cc(Cl)ccc2C)cc1Cl. The summed E-state index contributed by atoms with van der Waals surface area (Å²) < 4.78 is 5.85. The van der Waals surface area contributed by atoms with Crippen molar-refractivity contribution in [3.05, 3.63) is 57.6 Å². The summed E-state index contributed by atoms with van der Waals surface area (Å²) in [5.74, 6) is 1.44. The zero-order valence-corrected chi connectivity index (χ0v) is 13.2. The lowest BCUT2D eigenvalue weighted by Crippen LogP contribution is -2.12. The van der Waals surface area contributed by atoms with Crippen LogP contribution in [0.3, 0.4) is 0 Å². The first-order chi connectivity index (χ1) is 9.51. The van der Waals surface area contributed by atoms with Crippen molar-refractivity contribution in [3.63, 3.8) is 0 Å². The Balaban J connectivity index is 2.26. The molecule has 2 aromatic carbocycles. The third-order valence-corrected chi connectivity index (χ3v) is 3.81. The maximum atomic E-state index is 6.29. The largest absolute Gasteiger partial charge is 0.457 e. The van der Waals surface area contributed by atoms with Crippen molar-refractivity contribution in [1.82, 2.24) is 5.32 Å². The Morgan fingerprint density at radius 2 is 1.85 bits per heavy atom. The third kappa shape index (κ3) is 3.45. The Morgan fingerprint density at radius 3 is 2.50 bits per heavy atom. The van der Waals surface area contributed by atoms with Crippen molar-refractivity contribution < 1.29 is 4.74 Å². The van der Waals surface area contributed by atoms with Crippen molar-refractivity contribution >= 4 is 23.2 Å². The second-order valence-corrected chi connectivity index (χ2v) is 5.55. The first-order valence-electron chi connectivity index (χ1n) is 6.42. The summed E-state index contributed by atoms with van der Waals surface area (Å²) in [6.07, 6.45) is 0. The van der Waals surface area contributed by atoms with Gasteiger partial charge >= 0.3 is 0 Å². The number of benzene rings is 2. The maximum Gasteiger partial charge on any atom is 0.131 e. The number of halogens is 2. The fourth-order valence-corrected chi connectivity index (χ4v) is 2.39. The number of ether oxygens (including phenoxy) is 1. The predicted octanol–water partition coefficient (Wildman–Crippen LogP) is 5.37. The van der Waals surface area contributed by atoms with E-state index in [2.05, 4.69) is 12.2 Å². The molecule has 1 N–H and O–H groups in total. The molecular formula is C16H17Cl2NO. The Labute approximate surface area is 129 Å². The second-order valence-electron chi connectivity index (χ2n) is 4.71. The van der Waals surface area contributed by atoms with Gasteiger partial charge in [-0.1, -0.05) is 35.3 Å². The van der Waals surface area contributed by atoms with Crippen LogP contribution in [0.4, 0.5) is 0 Å². The summed E-state index contributed by atoms with van der Waals surface area (Å²) in [7, 11) is 1.90. The Kier molecular flexibility index (Phi) is 4.92. The van der Waals surface area contributed by atoms with Gasteiger partial charge in [0, 0.05) is 16.1 Å². The van der Waals surface area contributed by atoms with Crippen molar-refractivity contribution in [2.75, 3.05) is 7.05 Å². The van der Waals surface area contributed by atoms with Crippen molar-refractivity contribution in [2.24, 2.45) is 0 Å². The van der Waals surface area contributed by atoms with E-state index in [1.54, 1.807) is 6.07 Å². The number of nitrogens with one attached hydrogen (secondary N) is 1. The fraction of sp³-hybridized carbons (Fsp3) is 0.250. The molecule has 0 amide bonds. The fourth-order valence-electron chi connectivity index (χ4n) is 1.89. The van der Waals surface area contributed by atoms with Crippen LogP contribution in [0.15, 0.2) is 36.4 Å². The van der Waals surface area contributed by atoms with Gasteiger partial charge in [-0.2, -0.15) is 0 Å². The number of rotatable bonds is 4. The van der Waals surface area contributed by atoms with Gasteiger partial charge in [0.05, 0.1) is 0 Å². The Bertz CT molecular complexity index is 613. The summed E-state index contributed by atoms with van der Waals surface area (Å²) >= 11 is 12.3. The van der Waals surface area contributed by atoms with E-state index in [0.717, 1.165) is 16.9 Å². The monoisotopic (exact) mass is 309 g/mol. The van der Waals surface area contributed by atoms with Gasteiger partial charge in [0.1, 0.15) is 11.5 Å². The lowest BCUT2D eigenvalue weighted by Gasteiger charge is -2.14. The van der Waals surface area contributed by atoms with E-state index in [4.69, 9.17) is 27.9 Å². The molecule has 0 aliphatic heterocycles. The zero-order chi connectivity index (χ0) is 14.7. The highest BCUT2D eigenvalue weighted by Crippen LogP contribution is 2.32. The highest BCUT2D eigenvalue weighted by Gasteiger charge is 2.10. The average Bonchev–Trinajstić information content (AvgIpc) is 2.42. The molecule has 0 fully saturated rings. The molecule has 1 unspecified atom stereocenters. The number of hydrogen-bond donors (Lipinski definition) is 1. The molecular weight excluding hydrogens is 293 g/mol. The van der Waals surface area contributed by atoms with Crippen LogP contribution < -0.4 is 10.1 Å². The van der Waals surface area contributed by atoms with Crippen LogP contribution in [0.2, 0.25) is 10.0 Å². The summed E-state index contributed by atoms with van der Waals surface area (Å²) in [5, 5.41) is 4.50. The van der Waals surface area contributed by atoms with E-state index in [9.17, 15) is 0 Å². The molecule has 0 aliphatic carbocycles. The Hall–Kier alpha value is -1.22. The predicted molar refractivity (Wildman–Crippen MR) is 85.2 cm³/mol. The summed E-state index contributed by atoms with van der Waals surface area (Å²) in [4.78, 5) is 0. The van der Waals surface area contributed by atoms with Gasteiger partial charge in [0.2, 0.25) is 0 Å². The molecule has 0 saturated carbocycles. The van der Waals surface area contributed by atoms with Crippen LogP contribution >= 0.6 is 23.2 Å². The van der Waals surface area contributed by atoms with Crippen LogP contribution in [-0.4, -0.2) is 7.05 Å². The van der Waals surface area contributed by atoms with Crippen LogP contribution in [0, 0.1) is 6.92 Å². The van der Waals surface area contributed by atoms with Gasteiger partial charge < -0.3 is 10.1 Å². The smallest absolute Gasteiger partial charge is 0.131 e. The second kappa shape index (κ2) is 6.49. The number of aryl methyl sites for hydroxylation is 1. The zero-order valence-electron chi connectivity index (χ0n) is 11.7. The van der Waals surface area contributed by atoms with E-state index >= 15 is 0 Å². The van der Waals surface area contributed by atoms with Gasteiger partial charge in [-0.25, -0.2) is 0 Å². The highest BCUT2D eigenvalue weighted by molar-refractivity contribution is 6.31. The minimum absolute atomic E-state index is 0.199. The normalized spacial score (nSPS) is 12.2. The molecule has 0 heterocycles. The van der Waals surface area contributed by atoms with E-state index in [-0.39, 0.29) is 6.04 Å². The standard InChI is InChI=1S/C16H17Cl2NO/c1-10-4-5-12(17)8-16(10)20-13-6-7-14(11(2)19-3)15(18)9-13/h4-9,11,19H,1-3H3. The van der Waals surface area contributed by atoms with Gasteiger partial charge in [-0.15, -0.1) is 0 Å². The van der Waals surface area contributed by atoms with Crippen molar-refractivity contribution in [1.29, 1.82) is 0 Å². The lowest BCUT2D eigenvalue weighted by atomic mass is 10.1. The molecule has 1 atom stereocenters. The van der Waals surface area contributed by atoms with Crippen LogP contribution in [0.1, 0.15) is 24.1 Å². The van der Waals surface area contributed by atoms with Gasteiger partial charge in [-0.3, -0.25) is 0 Å². The highest BCUT2D eigenvalue weighted by atomic mass is 35.5. The molecule has 2 nitrogen and oxygen atoms in total. The minimum Gasteiger partial charge on any atom is -0.457 e. The van der Waals surface area contributed by atoms with E-state index < -0.39 is 0 Å². The van der Waals surface area contributed by atoms with Crippen LogP contribution in [0.5, 0.6) is 11.5 Å². The first-order valence-corrected chi connectivity index (χ1v) is 7.17. The van der Waals surface area contributed by atoms with Gasteiger partial charge in [0.15, 0.2) is 0 Å². The quantitative estimate of drug-likeness (QED) is 0.819. The molecule has 0 spiro atoms. The summed E-state index contributed by atoms with van der Waals surface area (Å²) in [6, 6.07) is 11.5. The minimum atomic E-state index is 0.199. The van der Waals surface area contributed by atoms with Crippen LogP contribution in [-0.2, 0) is 0 Å². The Morgan fingerprint density at radius 1 is 1.10 bits per heavy atom. The lowest BCUT2D eigenvalue weighted by molar-refractivity contribution is 0.478. The topological polar surface area (TPSA) is 21.3 Å². The molecule has 106 valence electrons. The molecule has 2 aromatic rings. The molecule has 2 rings (SSSR count). The van der Waals surface area contributed by atoms with Gasteiger partial charge in [-0.05, 0) is 56.3 Å². The molecule has 0 aliphatic rings.